The van der Waals surface area contributed by atoms with Crippen LogP contribution in [0.2, 0.25) is 0 Å². The van der Waals surface area contributed by atoms with Crippen LogP contribution < -0.4 is 4.90 Å². The van der Waals surface area contributed by atoms with Gasteiger partial charge in [-0.25, -0.2) is 0 Å². The van der Waals surface area contributed by atoms with Crippen molar-refractivity contribution in [2.45, 2.75) is 30.7 Å². The molecule has 4 rings (SSSR count). The van der Waals surface area contributed by atoms with Gasteiger partial charge >= 0.3 is 6.18 Å². The van der Waals surface area contributed by atoms with Crippen LogP contribution in [0.25, 0.3) is 0 Å². The summed E-state index contributed by atoms with van der Waals surface area (Å²) in [5.74, 6) is -0.495. The summed E-state index contributed by atoms with van der Waals surface area (Å²) in [5.41, 5.74) is 0.630. The van der Waals surface area contributed by atoms with Crippen molar-refractivity contribution in [2.75, 3.05) is 50.0 Å². The lowest BCUT2D eigenvalue weighted by atomic mass is 10.2. The lowest BCUT2D eigenvalue weighted by Gasteiger charge is -2.28. The number of morpholine rings is 1. The summed E-state index contributed by atoms with van der Waals surface area (Å²) in [6.45, 7) is 1.75. The van der Waals surface area contributed by atoms with Crippen molar-refractivity contribution in [3.8, 4) is 0 Å². The standard InChI is InChI=1S/C19H23F3N6O3S/c20-19(21,22)12-28-17(27-5-7-31-8-6-27)24-25-18(28)32-11-15(29)13-9-14(23-10-13)16(30)26-3-1-2-4-26/h9-10,23H,1-8,11-12H2. The van der Waals surface area contributed by atoms with E-state index in [-0.39, 0.29) is 28.5 Å². The number of alkyl halides is 3. The number of anilines is 1. The average molecular weight is 472 g/mol. The molecule has 32 heavy (non-hydrogen) atoms. The predicted molar refractivity (Wildman–Crippen MR) is 110 cm³/mol. The molecule has 2 aliphatic heterocycles. The lowest BCUT2D eigenvalue weighted by molar-refractivity contribution is -0.141. The van der Waals surface area contributed by atoms with Crippen LogP contribution in [0.5, 0.6) is 0 Å². The second kappa shape index (κ2) is 9.53. The first-order chi connectivity index (χ1) is 15.3. The molecule has 0 spiro atoms. The number of ether oxygens (including phenoxy) is 1. The number of carbonyl (C=O) groups is 2. The number of Topliss-reactive ketones (excluding diaryl/α,β-unsaturated/α-hetero) is 1. The number of thioether (sulfide) groups is 1. The van der Waals surface area contributed by atoms with Gasteiger partial charge in [-0.2, -0.15) is 13.2 Å². The van der Waals surface area contributed by atoms with E-state index in [1.165, 1.54) is 12.3 Å². The van der Waals surface area contributed by atoms with Crippen LogP contribution in [0, 0.1) is 0 Å². The maximum atomic E-state index is 13.2. The molecule has 2 aliphatic rings. The van der Waals surface area contributed by atoms with Gasteiger partial charge in [-0.15, -0.1) is 10.2 Å². The molecule has 2 aromatic heterocycles. The van der Waals surface area contributed by atoms with Gasteiger partial charge in [0, 0.05) is 37.9 Å². The smallest absolute Gasteiger partial charge is 0.378 e. The van der Waals surface area contributed by atoms with Crippen LogP contribution >= 0.6 is 11.8 Å². The van der Waals surface area contributed by atoms with Gasteiger partial charge < -0.3 is 19.5 Å². The van der Waals surface area contributed by atoms with Crippen molar-refractivity contribution >= 4 is 29.4 Å². The molecule has 0 aromatic carbocycles. The molecule has 1 N–H and O–H groups in total. The van der Waals surface area contributed by atoms with Crippen LogP contribution in [0.15, 0.2) is 17.4 Å². The molecular formula is C19H23F3N6O3S. The summed E-state index contributed by atoms with van der Waals surface area (Å²) >= 11 is 0.891. The van der Waals surface area contributed by atoms with E-state index in [0.29, 0.717) is 50.7 Å². The molecule has 0 saturated carbocycles. The number of hydrogen-bond acceptors (Lipinski definition) is 7. The quantitative estimate of drug-likeness (QED) is 0.488. The number of ketones is 1. The highest BCUT2D eigenvalue weighted by atomic mass is 32.2. The number of aromatic amines is 1. The highest BCUT2D eigenvalue weighted by Crippen LogP contribution is 2.28. The Morgan fingerprint density at radius 3 is 2.53 bits per heavy atom. The highest BCUT2D eigenvalue weighted by Gasteiger charge is 2.33. The van der Waals surface area contributed by atoms with E-state index in [9.17, 15) is 22.8 Å². The SMILES string of the molecule is O=C(CSc1nnc(N2CCOCC2)n1CC(F)(F)F)c1c[nH]c(C(=O)N2CCCC2)c1. The number of nitrogens with zero attached hydrogens (tertiary/aromatic N) is 5. The normalized spacial score (nSPS) is 17.2. The van der Waals surface area contributed by atoms with Crippen LogP contribution in [0.3, 0.4) is 0 Å². The third kappa shape index (κ3) is 5.26. The molecule has 0 bridgehead atoms. The summed E-state index contributed by atoms with van der Waals surface area (Å²) in [4.78, 5) is 31.3. The topological polar surface area (TPSA) is 96.4 Å². The zero-order chi connectivity index (χ0) is 22.7. The van der Waals surface area contributed by atoms with Crippen LogP contribution in [-0.4, -0.2) is 87.7 Å². The van der Waals surface area contributed by atoms with Crippen molar-refractivity contribution in [2.24, 2.45) is 0 Å². The van der Waals surface area contributed by atoms with Crippen molar-refractivity contribution in [3.05, 3.63) is 23.5 Å². The fourth-order valence-corrected chi connectivity index (χ4v) is 4.51. The molecule has 4 heterocycles. The Bertz CT molecular complexity index is 964. The fraction of sp³-hybridized carbons (Fsp3) is 0.579. The van der Waals surface area contributed by atoms with Crippen LogP contribution in [0.4, 0.5) is 19.1 Å². The molecule has 9 nitrogen and oxygen atoms in total. The van der Waals surface area contributed by atoms with Gasteiger partial charge in [0.1, 0.15) is 12.2 Å². The number of rotatable bonds is 7. The van der Waals surface area contributed by atoms with Gasteiger partial charge in [-0.1, -0.05) is 11.8 Å². The molecule has 1 amide bonds. The monoisotopic (exact) mass is 472 g/mol. The Labute approximate surface area is 186 Å². The van der Waals surface area contributed by atoms with Gasteiger partial charge in [-0.05, 0) is 18.9 Å². The summed E-state index contributed by atoms with van der Waals surface area (Å²) in [6.07, 6.45) is -1.10. The average Bonchev–Trinajstić information content (AvgIpc) is 3.52. The molecule has 13 heteroatoms. The molecule has 0 unspecified atom stereocenters. The number of H-pyrrole nitrogens is 1. The van der Waals surface area contributed by atoms with E-state index in [1.807, 2.05) is 0 Å². The molecule has 2 aromatic rings. The zero-order valence-electron chi connectivity index (χ0n) is 17.2. The Balaban J connectivity index is 1.44. The molecule has 0 aliphatic carbocycles. The van der Waals surface area contributed by atoms with E-state index >= 15 is 0 Å². The third-order valence-electron chi connectivity index (χ3n) is 5.29. The van der Waals surface area contributed by atoms with Crippen molar-refractivity contribution in [1.82, 2.24) is 24.6 Å². The molecule has 2 saturated heterocycles. The van der Waals surface area contributed by atoms with Crippen molar-refractivity contribution < 1.29 is 27.5 Å². The summed E-state index contributed by atoms with van der Waals surface area (Å²) in [6, 6.07) is 1.49. The minimum atomic E-state index is -4.46. The minimum Gasteiger partial charge on any atom is -0.378 e. The Morgan fingerprint density at radius 2 is 1.84 bits per heavy atom. The minimum absolute atomic E-state index is 0.0149. The number of halogens is 3. The maximum Gasteiger partial charge on any atom is 0.406 e. The van der Waals surface area contributed by atoms with E-state index in [2.05, 4.69) is 15.2 Å². The van der Waals surface area contributed by atoms with Gasteiger partial charge in [0.25, 0.3) is 5.91 Å². The largest absolute Gasteiger partial charge is 0.406 e. The number of likely N-dealkylation sites (tertiary alicyclic amines) is 1. The zero-order valence-corrected chi connectivity index (χ0v) is 18.0. The maximum absolute atomic E-state index is 13.2. The predicted octanol–water partition coefficient (Wildman–Crippen LogP) is 2.22. The number of nitrogens with one attached hydrogen (secondary N) is 1. The van der Waals surface area contributed by atoms with Crippen LogP contribution in [-0.2, 0) is 11.3 Å². The third-order valence-corrected chi connectivity index (χ3v) is 6.26. The van der Waals surface area contributed by atoms with Crippen molar-refractivity contribution in [1.29, 1.82) is 0 Å². The van der Waals surface area contributed by atoms with Gasteiger partial charge in [0.2, 0.25) is 5.95 Å². The Kier molecular flexibility index (Phi) is 6.74. The second-order valence-electron chi connectivity index (χ2n) is 7.60. The van der Waals surface area contributed by atoms with Gasteiger partial charge in [0.05, 0.1) is 19.0 Å². The second-order valence-corrected chi connectivity index (χ2v) is 8.54. The lowest BCUT2D eigenvalue weighted by Crippen LogP contribution is -2.38. The summed E-state index contributed by atoms with van der Waals surface area (Å²) in [5, 5.41) is 7.86. The van der Waals surface area contributed by atoms with E-state index in [1.54, 1.807) is 9.80 Å². The number of carbonyl (C=O) groups excluding carboxylic acids is 2. The van der Waals surface area contributed by atoms with E-state index in [0.717, 1.165) is 29.2 Å². The molecule has 0 radical (unpaired) electrons. The van der Waals surface area contributed by atoms with Crippen molar-refractivity contribution in [3.63, 3.8) is 0 Å². The van der Waals surface area contributed by atoms with Gasteiger partial charge in [0.15, 0.2) is 10.9 Å². The van der Waals surface area contributed by atoms with Crippen LogP contribution in [0.1, 0.15) is 33.7 Å². The first-order valence-electron chi connectivity index (χ1n) is 10.3. The fourth-order valence-electron chi connectivity index (χ4n) is 3.69. The number of aromatic nitrogens is 4. The Morgan fingerprint density at radius 1 is 1.12 bits per heavy atom. The van der Waals surface area contributed by atoms with E-state index in [4.69, 9.17) is 4.74 Å². The molecular weight excluding hydrogens is 449 g/mol. The number of hydrogen-bond donors (Lipinski definition) is 1. The molecule has 174 valence electrons. The van der Waals surface area contributed by atoms with Gasteiger partial charge in [-0.3, -0.25) is 14.2 Å². The Hall–Kier alpha value is -2.54. The highest BCUT2D eigenvalue weighted by molar-refractivity contribution is 7.99. The summed E-state index contributed by atoms with van der Waals surface area (Å²) in [7, 11) is 0. The summed E-state index contributed by atoms with van der Waals surface area (Å²) < 4.78 is 45.8. The number of amides is 1. The first-order valence-corrected chi connectivity index (χ1v) is 11.3. The molecule has 0 atom stereocenters. The van der Waals surface area contributed by atoms with E-state index < -0.39 is 12.7 Å². The first kappa shape index (κ1) is 22.6. The molecule has 2 fully saturated rings.